The minimum absolute atomic E-state index is 0.126. The molecule has 4 rings (SSSR count). The third kappa shape index (κ3) is 4.92. The van der Waals surface area contributed by atoms with Gasteiger partial charge in [0.2, 0.25) is 5.58 Å². The molecule has 2 amide bonds. The van der Waals surface area contributed by atoms with Gasteiger partial charge in [-0.25, -0.2) is 9.37 Å². The van der Waals surface area contributed by atoms with E-state index in [1.807, 2.05) is 5.92 Å². The summed E-state index contributed by atoms with van der Waals surface area (Å²) < 4.78 is 26.9. The van der Waals surface area contributed by atoms with Gasteiger partial charge in [0.05, 0.1) is 0 Å². The summed E-state index contributed by atoms with van der Waals surface area (Å²) in [6, 6.07) is 7.49. The average molecular weight is 503 g/mol. The Hall–Kier alpha value is -4.91. The van der Waals surface area contributed by atoms with Crippen molar-refractivity contribution in [3.8, 4) is 35.0 Å². The summed E-state index contributed by atoms with van der Waals surface area (Å²) in [5, 5.41) is 5.17. The number of oxazole rings is 1. The van der Waals surface area contributed by atoms with Crippen molar-refractivity contribution in [3.63, 3.8) is 0 Å². The molecule has 2 N–H and O–H groups in total. The van der Waals surface area contributed by atoms with Crippen LogP contribution >= 0.6 is 0 Å². The molecule has 0 unspecified atom stereocenters. The van der Waals surface area contributed by atoms with Gasteiger partial charge in [-0.2, -0.15) is 0 Å². The van der Waals surface area contributed by atoms with Crippen LogP contribution in [-0.4, -0.2) is 27.9 Å². The van der Waals surface area contributed by atoms with Crippen molar-refractivity contribution >= 4 is 28.6 Å². The van der Waals surface area contributed by atoms with E-state index in [4.69, 9.17) is 15.6 Å². The van der Waals surface area contributed by atoms with Gasteiger partial charge < -0.3 is 24.4 Å². The van der Waals surface area contributed by atoms with Crippen molar-refractivity contribution in [1.29, 1.82) is 0 Å². The third-order valence-corrected chi connectivity index (χ3v) is 5.55. The van der Waals surface area contributed by atoms with Crippen molar-refractivity contribution in [1.82, 2.24) is 14.9 Å². The number of nitrogens with one attached hydrogen (secondary N) is 2. The largest absolute Gasteiger partial charge is 0.456 e. The number of anilines is 1. The van der Waals surface area contributed by atoms with E-state index in [-0.39, 0.29) is 17.0 Å². The van der Waals surface area contributed by atoms with Crippen LogP contribution in [0.1, 0.15) is 28.7 Å². The molecule has 188 valence electrons. The summed E-state index contributed by atoms with van der Waals surface area (Å²) in [5.41, 5.74) is 1.80. The summed E-state index contributed by atoms with van der Waals surface area (Å²) in [7, 11) is 1.53. The normalized spacial score (nSPS) is 10.7. The Kier molecular flexibility index (Phi) is 6.80. The molecule has 0 aliphatic rings. The molecule has 0 fully saturated rings. The number of carbonyl (C=O) groups excluding carboxylic acids is 2. The van der Waals surface area contributed by atoms with Crippen molar-refractivity contribution in [3.05, 3.63) is 69.7 Å². The van der Waals surface area contributed by atoms with Crippen molar-refractivity contribution in [2.45, 2.75) is 20.8 Å². The van der Waals surface area contributed by atoms with Crippen LogP contribution in [0.15, 0.2) is 45.7 Å². The lowest BCUT2D eigenvalue weighted by molar-refractivity contribution is -0.111. The molecule has 4 aromatic rings. The van der Waals surface area contributed by atoms with Crippen LogP contribution in [0.4, 0.5) is 10.1 Å². The molecule has 9 nitrogen and oxygen atoms in total. The van der Waals surface area contributed by atoms with E-state index in [1.165, 1.54) is 29.9 Å². The first-order valence-electron chi connectivity index (χ1n) is 11.3. The van der Waals surface area contributed by atoms with Gasteiger partial charge in [-0.05, 0) is 68.2 Å². The zero-order chi connectivity index (χ0) is 26.9. The zero-order valence-electron chi connectivity index (χ0n) is 20.6. The summed E-state index contributed by atoms with van der Waals surface area (Å²) in [6.45, 7) is 5.51. The molecule has 2 heterocycles. The molecule has 0 bridgehead atoms. The van der Waals surface area contributed by atoms with Crippen LogP contribution < -0.4 is 20.9 Å². The van der Waals surface area contributed by atoms with Gasteiger partial charge >= 0.3 is 5.91 Å². The summed E-state index contributed by atoms with van der Waals surface area (Å²) in [4.78, 5) is 41.3. The van der Waals surface area contributed by atoms with Gasteiger partial charge in [0.25, 0.3) is 17.4 Å². The molecular formula is C27H23FN4O5. The first-order valence-corrected chi connectivity index (χ1v) is 11.3. The second-order valence-electron chi connectivity index (χ2n) is 8.30. The Morgan fingerprint density at radius 3 is 2.54 bits per heavy atom. The van der Waals surface area contributed by atoms with Crippen LogP contribution in [0.5, 0.6) is 11.5 Å². The Labute approximate surface area is 211 Å². The Bertz CT molecular complexity index is 1640. The fourth-order valence-corrected chi connectivity index (χ4v) is 3.89. The predicted octanol–water partition coefficient (Wildman–Crippen LogP) is 4.06. The van der Waals surface area contributed by atoms with Gasteiger partial charge in [0, 0.05) is 36.6 Å². The number of pyridine rings is 1. The lowest BCUT2D eigenvalue weighted by atomic mass is 10.0. The minimum Gasteiger partial charge on any atom is -0.456 e. The van der Waals surface area contributed by atoms with Crippen LogP contribution in [0, 0.1) is 32.0 Å². The van der Waals surface area contributed by atoms with Crippen LogP contribution in [0.25, 0.3) is 22.2 Å². The first kappa shape index (κ1) is 25.2. The maximum atomic E-state index is 13.9. The molecule has 0 saturated heterocycles. The number of rotatable bonds is 6. The van der Waals surface area contributed by atoms with Gasteiger partial charge in [0.1, 0.15) is 22.8 Å². The maximum absolute atomic E-state index is 13.9. The molecule has 0 radical (unpaired) electrons. The van der Waals surface area contributed by atoms with Crippen LogP contribution in [-0.2, 0) is 11.8 Å². The molecule has 0 aliphatic heterocycles. The predicted molar refractivity (Wildman–Crippen MR) is 136 cm³/mol. The van der Waals surface area contributed by atoms with Crippen LogP contribution in [0.3, 0.4) is 0 Å². The van der Waals surface area contributed by atoms with Gasteiger partial charge in [-0.15, -0.1) is 6.42 Å². The monoisotopic (exact) mass is 502 g/mol. The van der Waals surface area contributed by atoms with E-state index in [0.717, 1.165) is 0 Å². The van der Waals surface area contributed by atoms with Gasteiger partial charge in [-0.3, -0.25) is 14.4 Å². The molecule has 10 heteroatoms. The number of benzene rings is 2. The number of nitrogens with zero attached hydrogens (tertiary/aromatic N) is 2. The van der Waals surface area contributed by atoms with E-state index in [1.54, 1.807) is 39.0 Å². The van der Waals surface area contributed by atoms with E-state index in [9.17, 15) is 18.8 Å². The fraction of sp³-hybridized carbons (Fsp3) is 0.185. The SMILES string of the molecule is C#CC(=O)Nc1ccc(Oc2c(C)cc(F)cc2C)c(-c2cn(C)c(=O)c3oc(C(=O)NCC)nc23)c1. The Balaban J connectivity index is 1.97. The highest BCUT2D eigenvalue weighted by molar-refractivity contribution is 6.04. The lowest BCUT2D eigenvalue weighted by Gasteiger charge is -2.17. The lowest BCUT2D eigenvalue weighted by Crippen LogP contribution is -2.22. The number of aryl methyl sites for hydroxylation is 3. The fourth-order valence-electron chi connectivity index (χ4n) is 3.89. The number of amides is 2. The topological polar surface area (TPSA) is 115 Å². The van der Waals surface area contributed by atoms with E-state index in [0.29, 0.717) is 46.0 Å². The van der Waals surface area contributed by atoms with Crippen molar-refractivity contribution in [2.24, 2.45) is 7.05 Å². The molecule has 2 aromatic heterocycles. The highest BCUT2D eigenvalue weighted by Gasteiger charge is 2.23. The summed E-state index contributed by atoms with van der Waals surface area (Å²) in [5.74, 6) is 0.847. The van der Waals surface area contributed by atoms with Crippen molar-refractivity contribution < 1.29 is 23.1 Å². The second-order valence-corrected chi connectivity index (χ2v) is 8.30. The highest BCUT2D eigenvalue weighted by atomic mass is 19.1. The van der Waals surface area contributed by atoms with Gasteiger partial charge in [-0.1, -0.05) is 0 Å². The first-order chi connectivity index (χ1) is 17.6. The molecule has 37 heavy (non-hydrogen) atoms. The number of terminal acetylenes is 1. The molecule has 0 saturated carbocycles. The molecule has 0 atom stereocenters. The van der Waals surface area contributed by atoms with E-state index >= 15 is 0 Å². The molecular weight excluding hydrogens is 479 g/mol. The number of ether oxygens (including phenoxy) is 1. The molecule has 2 aromatic carbocycles. The highest BCUT2D eigenvalue weighted by Crippen LogP contribution is 2.40. The third-order valence-electron chi connectivity index (χ3n) is 5.55. The molecule has 0 spiro atoms. The number of hydrogen-bond donors (Lipinski definition) is 2. The number of halogens is 1. The number of hydrogen-bond acceptors (Lipinski definition) is 6. The molecule has 0 aliphatic carbocycles. The maximum Gasteiger partial charge on any atom is 0.307 e. The van der Waals surface area contributed by atoms with E-state index in [2.05, 4.69) is 15.6 Å². The second kappa shape index (κ2) is 9.99. The zero-order valence-corrected chi connectivity index (χ0v) is 20.6. The van der Waals surface area contributed by atoms with Crippen molar-refractivity contribution in [2.75, 3.05) is 11.9 Å². The Morgan fingerprint density at radius 1 is 1.19 bits per heavy atom. The minimum atomic E-state index is -0.657. The summed E-state index contributed by atoms with van der Waals surface area (Å²) in [6.07, 6.45) is 6.72. The summed E-state index contributed by atoms with van der Waals surface area (Å²) >= 11 is 0. The van der Waals surface area contributed by atoms with Crippen LogP contribution in [0.2, 0.25) is 0 Å². The standard InChI is InChI=1S/C27H23FN4O5/c1-6-21(33)30-17-8-9-20(36-23-14(3)10-16(28)11-15(23)4)18(12-17)19-13-32(5)27(35)24-22(19)31-26(37-24)25(34)29-7-2/h1,8-13H,7H2,2-5H3,(H,29,34)(H,30,33). The quantitative estimate of drug-likeness (QED) is 0.384. The number of fused-ring (bicyclic) bond motifs is 1. The van der Waals surface area contributed by atoms with Gasteiger partial charge in [0.15, 0.2) is 0 Å². The number of carbonyl (C=O) groups is 2. The van der Waals surface area contributed by atoms with E-state index < -0.39 is 23.2 Å². The Morgan fingerprint density at radius 2 is 1.89 bits per heavy atom. The smallest absolute Gasteiger partial charge is 0.307 e. The average Bonchev–Trinajstić information content (AvgIpc) is 3.30. The number of aromatic nitrogens is 2.